The Morgan fingerprint density at radius 2 is 1.97 bits per heavy atom. The van der Waals surface area contributed by atoms with Crippen LogP contribution in [0.25, 0.3) is 0 Å². The Balaban J connectivity index is 1.65. The Morgan fingerprint density at radius 3 is 2.67 bits per heavy atom. The van der Waals surface area contributed by atoms with Gasteiger partial charge in [0.05, 0.1) is 11.9 Å². The second-order valence-electron chi connectivity index (χ2n) is 8.49. The van der Waals surface area contributed by atoms with Gasteiger partial charge in [-0.3, -0.25) is 9.59 Å². The highest BCUT2D eigenvalue weighted by molar-refractivity contribution is 6.39. The van der Waals surface area contributed by atoms with Gasteiger partial charge in [-0.15, -0.1) is 0 Å². The van der Waals surface area contributed by atoms with E-state index < -0.39 is 11.8 Å². The summed E-state index contributed by atoms with van der Waals surface area (Å²) >= 11 is 0. The molecule has 9 nitrogen and oxygen atoms in total. The molecule has 9 heteroatoms. The Labute approximate surface area is 177 Å². The lowest BCUT2D eigenvalue weighted by Crippen LogP contribution is -2.56. The summed E-state index contributed by atoms with van der Waals surface area (Å²) in [6, 6.07) is 1.71. The fourth-order valence-electron chi connectivity index (χ4n) is 4.53. The topological polar surface area (TPSA) is 121 Å². The lowest BCUT2D eigenvalue weighted by atomic mass is 9.82. The molecule has 0 bridgehead atoms. The van der Waals surface area contributed by atoms with Gasteiger partial charge in [-0.2, -0.15) is 0 Å². The first-order chi connectivity index (χ1) is 14.3. The van der Waals surface area contributed by atoms with Gasteiger partial charge in [0.1, 0.15) is 5.82 Å². The minimum Gasteiger partial charge on any atom is -0.383 e. The maximum Gasteiger partial charge on any atom is 0.317 e. The van der Waals surface area contributed by atoms with Crippen LogP contribution in [-0.4, -0.2) is 65.4 Å². The summed E-state index contributed by atoms with van der Waals surface area (Å²) in [7, 11) is 1.65. The second kappa shape index (κ2) is 9.32. The van der Waals surface area contributed by atoms with E-state index in [1.54, 1.807) is 24.9 Å². The van der Waals surface area contributed by atoms with Crippen LogP contribution in [0.5, 0.6) is 0 Å². The maximum absolute atomic E-state index is 12.8. The van der Waals surface area contributed by atoms with Gasteiger partial charge >= 0.3 is 17.8 Å². The van der Waals surface area contributed by atoms with Crippen molar-refractivity contribution in [3.63, 3.8) is 0 Å². The molecule has 2 saturated heterocycles. The van der Waals surface area contributed by atoms with Crippen molar-refractivity contribution in [1.29, 1.82) is 0 Å². The van der Waals surface area contributed by atoms with E-state index in [1.165, 1.54) is 6.20 Å². The molecule has 1 aromatic heterocycles. The normalized spacial score (nSPS) is 24.3. The van der Waals surface area contributed by atoms with Gasteiger partial charge in [-0.05, 0) is 56.1 Å². The summed E-state index contributed by atoms with van der Waals surface area (Å²) < 4.78 is 0. The molecule has 0 saturated carbocycles. The first-order valence-electron chi connectivity index (χ1n) is 10.6. The van der Waals surface area contributed by atoms with Crippen molar-refractivity contribution in [2.45, 2.75) is 45.6 Å². The van der Waals surface area contributed by atoms with E-state index in [-0.39, 0.29) is 18.0 Å². The van der Waals surface area contributed by atoms with E-state index >= 15 is 0 Å². The standard InChI is InChI=1S/C21H32N6O3/c1-13-6-7-17(27(11-13)21(30)23-3)15-5-4-8-26(12-15)20(29)19(28)25-16-9-14(2)18(22)24-10-16/h9-10,13,15,17H,4-8,11-12H2,1-3H3,(H2,22,24)(H,23,30)(H,25,28)/t13-,15?,17+/m1/s1. The summed E-state index contributed by atoms with van der Waals surface area (Å²) in [5.74, 6) is -0.212. The average Bonchev–Trinajstić information content (AvgIpc) is 2.75. The lowest BCUT2D eigenvalue weighted by Gasteiger charge is -2.45. The number of urea groups is 1. The Kier molecular flexibility index (Phi) is 6.79. The molecule has 0 aliphatic carbocycles. The number of anilines is 2. The van der Waals surface area contributed by atoms with E-state index in [9.17, 15) is 14.4 Å². The Bertz CT molecular complexity index is 814. The van der Waals surface area contributed by atoms with Crippen molar-refractivity contribution in [1.82, 2.24) is 20.1 Å². The second-order valence-corrected chi connectivity index (χ2v) is 8.49. The van der Waals surface area contributed by atoms with Crippen molar-refractivity contribution in [2.24, 2.45) is 11.8 Å². The minimum absolute atomic E-state index is 0.0704. The Hall–Kier alpha value is -2.84. The quantitative estimate of drug-likeness (QED) is 0.632. The highest BCUT2D eigenvalue weighted by atomic mass is 16.2. The predicted molar refractivity (Wildman–Crippen MR) is 115 cm³/mol. The minimum atomic E-state index is -0.679. The fraction of sp³-hybridized carbons (Fsp3) is 0.619. The fourth-order valence-corrected chi connectivity index (χ4v) is 4.53. The van der Waals surface area contributed by atoms with Gasteiger partial charge < -0.3 is 26.2 Å². The zero-order valence-electron chi connectivity index (χ0n) is 18.0. The Morgan fingerprint density at radius 1 is 1.20 bits per heavy atom. The molecule has 4 amide bonds. The molecule has 2 aliphatic rings. The van der Waals surface area contributed by atoms with Gasteiger partial charge in [-0.1, -0.05) is 6.92 Å². The number of nitrogens with one attached hydrogen (secondary N) is 2. The smallest absolute Gasteiger partial charge is 0.317 e. The highest BCUT2D eigenvalue weighted by Gasteiger charge is 2.38. The SMILES string of the molecule is CNC(=O)N1C[C@H](C)CC[C@H]1C1CCCN(C(=O)C(=O)Nc2cnc(N)c(C)c2)C1. The molecule has 0 spiro atoms. The van der Waals surface area contributed by atoms with Gasteiger partial charge in [0.15, 0.2) is 0 Å². The molecule has 164 valence electrons. The van der Waals surface area contributed by atoms with Crippen LogP contribution < -0.4 is 16.4 Å². The third-order valence-corrected chi connectivity index (χ3v) is 6.20. The van der Waals surface area contributed by atoms with Crippen LogP contribution >= 0.6 is 0 Å². The molecule has 0 radical (unpaired) electrons. The molecule has 1 unspecified atom stereocenters. The van der Waals surface area contributed by atoms with Crippen molar-refractivity contribution < 1.29 is 14.4 Å². The van der Waals surface area contributed by atoms with Gasteiger partial charge in [0.25, 0.3) is 0 Å². The third-order valence-electron chi connectivity index (χ3n) is 6.20. The van der Waals surface area contributed by atoms with Gasteiger partial charge in [0, 0.05) is 32.7 Å². The number of pyridine rings is 1. The number of carbonyl (C=O) groups excluding carboxylic acids is 3. The van der Waals surface area contributed by atoms with Crippen LogP contribution in [0.1, 0.15) is 38.2 Å². The summed E-state index contributed by atoms with van der Waals surface area (Å²) in [5, 5.41) is 5.36. The van der Waals surface area contributed by atoms with Crippen molar-refractivity contribution in [2.75, 3.05) is 37.7 Å². The maximum atomic E-state index is 12.8. The van der Waals surface area contributed by atoms with Crippen LogP contribution in [0.4, 0.5) is 16.3 Å². The van der Waals surface area contributed by atoms with Gasteiger partial charge in [0.2, 0.25) is 0 Å². The number of nitrogens with two attached hydrogens (primary N) is 1. The van der Waals surface area contributed by atoms with Crippen LogP contribution in [0.3, 0.4) is 0 Å². The largest absolute Gasteiger partial charge is 0.383 e. The molecule has 2 aliphatic heterocycles. The number of aryl methyl sites for hydroxylation is 1. The van der Waals surface area contributed by atoms with Crippen molar-refractivity contribution >= 4 is 29.4 Å². The molecular weight excluding hydrogens is 384 g/mol. The number of rotatable bonds is 2. The number of nitrogens with zero attached hydrogens (tertiary/aromatic N) is 3. The van der Waals surface area contributed by atoms with E-state index in [0.29, 0.717) is 30.5 Å². The summed E-state index contributed by atoms with van der Waals surface area (Å²) in [6.07, 6.45) is 5.19. The van der Waals surface area contributed by atoms with Crippen molar-refractivity contribution in [3.05, 3.63) is 17.8 Å². The number of likely N-dealkylation sites (tertiary alicyclic amines) is 2. The molecule has 30 heavy (non-hydrogen) atoms. The van der Waals surface area contributed by atoms with E-state index in [2.05, 4.69) is 22.5 Å². The molecule has 4 N–H and O–H groups in total. The summed E-state index contributed by atoms with van der Waals surface area (Å²) in [6.45, 7) is 5.70. The van der Waals surface area contributed by atoms with E-state index in [1.807, 2.05) is 4.90 Å². The third kappa shape index (κ3) is 4.83. The zero-order valence-corrected chi connectivity index (χ0v) is 18.0. The molecule has 1 aromatic rings. The number of nitrogen functional groups attached to an aromatic ring is 1. The van der Waals surface area contributed by atoms with E-state index in [0.717, 1.165) is 37.8 Å². The first kappa shape index (κ1) is 21.9. The van der Waals surface area contributed by atoms with Crippen LogP contribution in [0, 0.1) is 18.8 Å². The number of aromatic nitrogens is 1. The monoisotopic (exact) mass is 416 g/mol. The molecule has 3 atom stereocenters. The predicted octanol–water partition coefficient (Wildman–Crippen LogP) is 1.59. The first-order valence-corrected chi connectivity index (χ1v) is 10.6. The van der Waals surface area contributed by atoms with Crippen LogP contribution in [0.2, 0.25) is 0 Å². The summed E-state index contributed by atoms with van der Waals surface area (Å²) in [4.78, 5) is 45.2. The number of carbonyl (C=O) groups is 3. The summed E-state index contributed by atoms with van der Waals surface area (Å²) in [5.41, 5.74) is 6.88. The molecule has 3 heterocycles. The lowest BCUT2D eigenvalue weighted by molar-refractivity contribution is -0.144. The molecular formula is C21H32N6O3. The average molecular weight is 417 g/mol. The zero-order chi connectivity index (χ0) is 21.8. The number of hydrogen-bond acceptors (Lipinski definition) is 5. The number of amides is 4. The van der Waals surface area contributed by atoms with Crippen LogP contribution in [0.15, 0.2) is 12.3 Å². The molecule has 3 rings (SSSR count). The van der Waals surface area contributed by atoms with Crippen LogP contribution in [-0.2, 0) is 9.59 Å². The van der Waals surface area contributed by atoms with Crippen molar-refractivity contribution in [3.8, 4) is 0 Å². The highest BCUT2D eigenvalue weighted by Crippen LogP contribution is 2.31. The molecule has 2 fully saturated rings. The number of piperidine rings is 2. The number of hydrogen-bond donors (Lipinski definition) is 3. The molecule has 0 aromatic carbocycles. The van der Waals surface area contributed by atoms with Gasteiger partial charge in [-0.25, -0.2) is 9.78 Å². The van der Waals surface area contributed by atoms with E-state index in [4.69, 9.17) is 5.73 Å².